The Hall–Kier alpha value is -3.06. The molecule has 0 aromatic heterocycles. The first kappa shape index (κ1) is 24.6. The molecule has 0 aliphatic carbocycles. The van der Waals surface area contributed by atoms with Crippen molar-refractivity contribution in [1.29, 1.82) is 0 Å². The van der Waals surface area contributed by atoms with Gasteiger partial charge in [-0.2, -0.15) is 0 Å². The van der Waals surface area contributed by atoms with E-state index >= 15 is 0 Å². The number of nitrogens with zero attached hydrogens (tertiary/aromatic N) is 3. The number of anilines is 2. The minimum atomic E-state index is -0.586. The molecule has 2 aromatic carbocycles. The average Bonchev–Trinajstić information content (AvgIpc) is 3.26. The van der Waals surface area contributed by atoms with Crippen LogP contribution in [-0.4, -0.2) is 70.1 Å². The van der Waals surface area contributed by atoms with E-state index in [0.717, 1.165) is 43.9 Å². The van der Waals surface area contributed by atoms with Gasteiger partial charge in [0.15, 0.2) is 0 Å². The number of carbonyl (C=O) groups excluding carboxylic acids is 2. The largest absolute Gasteiger partial charge is 0.378 e. The second-order valence-electron chi connectivity index (χ2n) is 8.57. The third-order valence-corrected chi connectivity index (χ3v) is 6.36. The lowest BCUT2D eigenvalue weighted by molar-refractivity contribution is -0.139. The summed E-state index contributed by atoms with van der Waals surface area (Å²) in [6, 6.07) is 16.7. The number of fused-ring (bicyclic) bond motifs is 1. The number of nitrogens with one attached hydrogen (secondary N) is 2. The van der Waals surface area contributed by atoms with E-state index in [1.54, 1.807) is 0 Å². The average molecular weight is 452 g/mol. The first-order valence-corrected chi connectivity index (χ1v) is 11.8. The van der Waals surface area contributed by atoms with E-state index < -0.39 is 11.8 Å². The highest BCUT2D eigenvalue weighted by Crippen LogP contribution is 2.35. The predicted octanol–water partition coefficient (Wildman–Crippen LogP) is 2.43. The first-order chi connectivity index (χ1) is 15.9. The molecule has 1 aliphatic heterocycles. The van der Waals surface area contributed by atoms with Crippen LogP contribution < -0.4 is 20.4 Å². The lowest BCUT2D eigenvalue weighted by atomic mass is 10.0. The minimum absolute atomic E-state index is 0.0581. The number of rotatable bonds is 10. The van der Waals surface area contributed by atoms with E-state index in [1.165, 1.54) is 11.3 Å². The summed E-state index contributed by atoms with van der Waals surface area (Å²) in [5.74, 6) is -1.16. The molecule has 1 atom stereocenters. The first-order valence-electron chi connectivity index (χ1n) is 11.8. The van der Waals surface area contributed by atoms with E-state index in [0.29, 0.717) is 13.1 Å². The molecule has 2 aromatic rings. The summed E-state index contributed by atoms with van der Waals surface area (Å²) in [5, 5.41) is 5.61. The third-order valence-electron chi connectivity index (χ3n) is 6.36. The second kappa shape index (κ2) is 11.7. The molecule has 7 nitrogen and oxygen atoms in total. The van der Waals surface area contributed by atoms with Crippen molar-refractivity contribution >= 4 is 23.2 Å². The number of amides is 2. The highest BCUT2D eigenvalue weighted by molar-refractivity contribution is 6.35. The number of hydrogen-bond donors (Lipinski definition) is 2. The Morgan fingerprint density at radius 2 is 1.64 bits per heavy atom. The molecule has 3 rings (SSSR count). The molecule has 2 amide bonds. The van der Waals surface area contributed by atoms with E-state index in [4.69, 9.17) is 0 Å². The van der Waals surface area contributed by atoms with Gasteiger partial charge in [-0.3, -0.25) is 9.59 Å². The number of para-hydroxylation sites is 1. The highest BCUT2D eigenvalue weighted by atomic mass is 16.2. The molecule has 7 heteroatoms. The van der Waals surface area contributed by atoms with Crippen LogP contribution in [-0.2, 0) is 16.0 Å². The quantitative estimate of drug-likeness (QED) is 0.543. The van der Waals surface area contributed by atoms with Crippen LogP contribution in [0.4, 0.5) is 11.4 Å². The number of carbonyl (C=O) groups is 2. The number of hydrogen-bond acceptors (Lipinski definition) is 5. The van der Waals surface area contributed by atoms with Crippen molar-refractivity contribution in [2.75, 3.05) is 63.2 Å². The van der Waals surface area contributed by atoms with Crippen LogP contribution >= 0.6 is 0 Å². The van der Waals surface area contributed by atoms with Crippen LogP contribution in [0.3, 0.4) is 0 Å². The zero-order chi connectivity index (χ0) is 23.8. The van der Waals surface area contributed by atoms with Crippen LogP contribution in [0.5, 0.6) is 0 Å². The number of likely N-dealkylation sites (N-methyl/N-ethyl adjacent to an activating group) is 1. The maximum absolute atomic E-state index is 12.5. The highest BCUT2D eigenvalue weighted by Gasteiger charge is 2.28. The van der Waals surface area contributed by atoms with Crippen LogP contribution in [0.15, 0.2) is 48.5 Å². The van der Waals surface area contributed by atoms with Gasteiger partial charge in [0.25, 0.3) is 0 Å². The molecule has 0 saturated carbocycles. The van der Waals surface area contributed by atoms with Gasteiger partial charge in [0.05, 0.1) is 6.04 Å². The van der Waals surface area contributed by atoms with E-state index in [9.17, 15) is 9.59 Å². The smallest absolute Gasteiger partial charge is 0.309 e. The molecule has 33 heavy (non-hydrogen) atoms. The number of benzene rings is 2. The van der Waals surface area contributed by atoms with Crippen molar-refractivity contribution in [2.24, 2.45) is 0 Å². The fourth-order valence-corrected chi connectivity index (χ4v) is 4.31. The van der Waals surface area contributed by atoms with Gasteiger partial charge in [-0.25, -0.2) is 0 Å². The Labute approximate surface area is 197 Å². The molecule has 178 valence electrons. The van der Waals surface area contributed by atoms with Crippen LogP contribution in [0.2, 0.25) is 0 Å². The van der Waals surface area contributed by atoms with Gasteiger partial charge in [0, 0.05) is 51.6 Å². The molecular weight excluding hydrogens is 414 g/mol. The molecule has 0 bridgehead atoms. The van der Waals surface area contributed by atoms with Gasteiger partial charge in [-0.05, 0) is 48.8 Å². The van der Waals surface area contributed by atoms with Crippen molar-refractivity contribution in [3.63, 3.8) is 0 Å². The molecule has 0 spiro atoms. The molecule has 1 heterocycles. The SMILES string of the molecule is CCN(CC)CCNC(=O)C(=O)NCC(c1ccc(N(C)C)cc1)N1CCc2ccccc21. The molecular formula is C26H37N5O2. The maximum atomic E-state index is 12.5. The summed E-state index contributed by atoms with van der Waals surface area (Å²) in [5.41, 5.74) is 4.74. The van der Waals surface area contributed by atoms with Gasteiger partial charge in [-0.15, -0.1) is 0 Å². The van der Waals surface area contributed by atoms with Crippen LogP contribution in [0, 0.1) is 0 Å². The monoisotopic (exact) mass is 451 g/mol. The minimum Gasteiger partial charge on any atom is -0.378 e. The van der Waals surface area contributed by atoms with Crippen molar-refractivity contribution in [3.05, 3.63) is 59.7 Å². The molecule has 0 saturated heterocycles. The van der Waals surface area contributed by atoms with Gasteiger partial charge in [-0.1, -0.05) is 44.2 Å². The molecule has 1 aliphatic rings. The normalized spacial score (nSPS) is 13.5. The van der Waals surface area contributed by atoms with Crippen molar-refractivity contribution in [3.8, 4) is 0 Å². The van der Waals surface area contributed by atoms with Crippen molar-refractivity contribution < 1.29 is 9.59 Å². The summed E-state index contributed by atoms with van der Waals surface area (Å²) in [4.78, 5) is 31.5. The Morgan fingerprint density at radius 1 is 0.970 bits per heavy atom. The fraction of sp³-hybridized carbons (Fsp3) is 0.462. The Balaban J connectivity index is 1.69. The van der Waals surface area contributed by atoms with Gasteiger partial charge < -0.3 is 25.3 Å². The van der Waals surface area contributed by atoms with E-state index in [2.05, 4.69) is 81.6 Å². The maximum Gasteiger partial charge on any atom is 0.309 e. The fourth-order valence-electron chi connectivity index (χ4n) is 4.31. The summed E-state index contributed by atoms with van der Waals surface area (Å²) in [6.07, 6.45) is 0.974. The topological polar surface area (TPSA) is 67.9 Å². The Morgan fingerprint density at radius 3 is 2.30 bits per heavy atom. The molecule has 2 N–H and O–H groups in total. The summed E-state index contributed by atoms with van der Waals surface area (Å²) < 4.78 is 0. The van der Waals surface area contributed by atoms with Crippen LogP contribution in [0.25, 0.3) is 0 Å². The Kier molecular flexibility index (Phi) is 8.72. The van der Waals surface area contributed by atoms with Crippen molar-refractivity contribution in [1.82, 2.24) is 15.5 Å². The summed E-state index contributed by atoms with van der Waals surface area (Å²) in [7, 11) is 4.03. The molecule has 1 unspecified atom stereocenters. The lowest BCUT2D eigenvalue weighted by Gasteiger charge is -2.31. The standard InChI is InChI=1S/C26H37N5O2/c1-5-30(6-2)18-16-27-25(32)26(33)28-19-24(21-11-13-22(14-12-21)29(3)4)31-17-15-20-9-7-8-10-23(20)31/h7-14,24H,5-6,15-19H2,1-4H3,(H,27,32)(H,28,33). The summed E-state index contributed by atoms with van der Waals surface area (Å²) in [6.45, 7) is 8.44. The van der Waals surface area contributed by atoms with E-state index in [-0.39, 0.29) is 6.04 Å². The third kappa shape index (κ3) is 6.26. The van der Waals surface area contributed by atoms with Gasteiger partial charge in [0.1, 0.15) is 0 Å². The van der Waals surface area contributed by atoms with Gasteiger partial charge >= 0.3 is 11.8 Å². The van der Waals surface area contributed by atoms with E-state index in [1.807, 2.05) is 20.2 Å². The lowest BCUT2D eigenvalue weighted by Crippen LogP contribution is -2.45. The summed E-state index contributed by atoms with van der Waals surface area (Å²) >= 11 is 0. The zero-order valence-corrected chi connectivity index (χ0v) is 20.3. The zero-order valence-electron chi connectivity index (χ0n) is 20.3. The Bertz CT molecular complexity index is 925. The predicted molar refractivity (Wildman–Crippen MR) is 135 cm³/mol. The van der Waals surface area contributed by atoms with Crippen LogP contribution in [0.1, 0.15) is 31.0 Å². The molecule has 0 radical (unpaired) electrons. The van der Waals surface area contributed by atoms with Gasteiger partial charge in [0.2, 0.25) is 0 Å². The van der Waals surface area contributed by atoms with Crippen molar-refractivity contribution in [2.45, 2.75) is 26.3 Å². The second-order valence-corrected chi connectivity index (χ2v) is 8.57. The molecule has 0 fully saturated rings.